The normalized spacial score (nSPS) is 13.7. The van der Waals surface area contributed by atoms with Gasteiger partial charge >= 0.3 is 5.97 Å². The Morgan fingerprint density at radius 3 is 2.43 bits per heavy atom. The summed E-state index contributed by atoms with van der Waals surface area (Å²) in [6, 6.07) is 7.83. The lowest BCUT2D eigenvalue weighted by atomic mass is 10.0. The lowest BCUT2D eigenvalue weighted by Crippen LogP contribution is -2.52. The summed E-state index contributed by atoms with van der Waals surface area (Å²) in [5.74, 6) is 3.03. The Balaban J connectivity index is 2.59. The van der Waals surface area contributed by atoms with Crippen molar-refractivity contribution in [2.75, 3.05) is 25.7 Å². The van der Waals surface area contributed by atoms with Gasteiger partial charge in [-0.2, -0.15) is 11.8 Å². The minimum atomic E-state index is -0.684. The molecule has 0 saturated carbocycles. The summed E-state index contributed by atoms with van der Waals surface area (Å²) in [5.41, 5.74) is 0.421. The van der Waals surface area contributed by atoms with Crippen LogP contribution in [0.25, 0.3) is 0 Å². The molecule has 0 fully saturated rings. The third-order valence-electron chi connectivity index (χ3n) is 3.71. The van der Waals surface area contributed by atoms with Crippen molar-refractivity contribution in [3.05, 3.63) is 29.8 Å². The highest BCUT2D eigenvalue weighted by molar-refractivity contribution is 7.99. The summed E-state index contributed by atoms with van der Waals surface area (Å²) in [6.07, 6.45) is 1.15. The minimum absolute atomic E-state index is 0.219. The molecule has 0 aromatic heterocycles. The first kappa shape index (κ1) is 19.8. The molecular formula is C18H29NO3S. The molecule has 1 aromatic carbocycles. The lowest BCUT2D eigenvalue weighted by Gasteiger charge is -2.28. The summed E-state index contributed by atoms with van der Waals surface area (Å²) in [6.45, 7) is 6.94. The second-order valence-corrected chi connectivity index (χ2v) is 7.37. The molecule has 5 heteroatoms. The van der Waals surface area contributed by atoms with Crippen LogP contribution in [-0.2, 0) is 16.1 Å². The molecule has 0 aliphatic heterocycles. The number of benzene rings is 1. The van der Waals surface area contributed by atoms with Crippen LogP contribution >= 0.6 is 11.8 Å². The molecule has 4 nitrogen and oxygen atoms in total. The lowest BCUT2D eigenvalue weighted by molar-refractivity contribution is -0.146. The number of carbonyl (C=O) groups excluding carboxylic acids is 1. The average Bonchev–Trinajstić information content (AvgIpc) is 2.56. The van der Waals surface area contributed by atoms with Gasteiger partial charge < -0.3 is 9.47 Å². The molecule has 0 saturated heterocycles. The molecule has 0 unspecified atom stereocenters. The van der Waals surface area contributed by atoms with Crippen LogP contribution in [0.5, 0.6) is 5.75 Å². The van der Waals surface area contributed by atoms with Gasteiger partial charge in [-0.3, -0.25) is 10.1 Å². The van der Waals surface area contributed by atoms with Crippen LogP contribution in [0.3, 0.4) is 0 Å². The fraction of sp³-hybridized carbons (Fsp3) is 0.611. The second-order valence-electron chi connectivity index (χ2n) is 6.26. The summed E-state index contributed by atoms with van der Waals surface area (Å²) in [4.78, 5) is 12.2. The third kappa shape index (κ3) is 6.83. The molecule has 0 aliphatic carbocycles. The molecule has 23 heavy (non-hydrogen) atoms. The topological polar surface area (TPSA) is 47.6 Å². The molecule has 1 N–H and O–H groups in total. The standard InChI is InChI=1S/C18H29NO3S/c1-14(2)10-11-23-13-18(3,17(20)22-5)19-12-15-6-8-16(21-4)9-7-15/h6-9,14,19H,10-13H2,1-5H3/t18-/m1/s1. The summed E-state index contributed by atoms with van der Waals surface area (Å²) in [5, 5.41) is 3.35. The Morgan fingerprint density at radius 2 is 1.91 bits per heavy atom. The van der Waals surface area contributed by atoms with Gasteiger partial charge in [0.25, 0.3) is 0 Å². The first-order valence-electron chi connectivity index (χ1n) is 7.95. The number of thioether (sulfide) groups is 1. The van der Waals surface area contributed by atoms with E-state index in [9.17, 15) is 4.79 Å². The van der Waals surface area contributed by atoms with E-state index >= 15 is 0 Å². The van der Waals surface area contributed by atoms with E-state index in [0.29, 0.717) is 18.2 Å². The largest absolute Gasteiger partial charge is 0.497 e. The highest BCUT2D eigenvalue weighted by Gasteiger charge is 2.33. The zero-order valence-electron chi connectivity index (χ0n) is 14.8. The third-order valence-corrected chi connectivity index (χ3v) is 5.01. The number of esters is 1. The van der Waals surface area contributed by atoms with Gasteiger partial charge in [0.2, 0.25) is 0 Å². The van der Waals surface area contributed by atoms with Crippen LogP contribution in [0, 0.1) is 5.92 Å². The Hall–Kier alpha value is -1.20. The highest BCUT2D eigenvalue weighted by atomic mass is 32.2. The first-order chi connectivity index (χ1) is 10.9. The van der Waals surface area contributed by atoms with Crippen molar-refractivity contribution in [3.8, 4) is 5.75 Å². The molecule has 0 radical (unpaired) electrons. The average molecular weight is 340 g/mol. The Morgan fingerprint density at radius 1 is 1.26 bits per heavy atom. The number of hydrogen-bond acceptors (Lipinski definition) is 5. The molecule has 0 spiro atoms. The highest BCUT2D eigenvalue weighted by Crippen LogP contribution is 2.19. The van der Waals surface area contributed by atoms with Crippen LogP contribution in [0.1, 0.15) is 32.8 Å². The van der Waals surface area contributed by atoms with E-state index in [1.165, 1.54) is 7.11 Å². The SMILES string of the molecule is COC(=O)[C@@](C)(CSCCC(C)C)NCc1ccc(OC)cc1. The van der Waals surface area contributed by atoms with Crippen molar-refractivity contribution in [3.63, 3.8) is 0 Å². The van der Waals surface area contributed by atoms with E-state index in [2.05, 4.69) is 19.2 Å². The molecule has 0 bridgehead atoms. The van der Waals surface area contributed by atoms with Gasteiger partial charge in [0.1, 0.15) is 11.3 Å². The Bertz CT molecular complexity index is 476. The van der Waals surface area contributed by atoms with Crippen molar-refractivity contribution < 1.29 is 14.3 Å². The summed E-state index contributed by atoms with van der Waals surface area (Å²) < 4.78 is 10.1. The van der Waals surface area contributed by atoms with Gasteiger partial charge in [-0.15, -0.1) is 0 Å². The zero-order valence-corrected chi connectivity index (χ0v) is 15.7. The smallest absolute Gasteiger partial charge is 0.326 e. The van der Waals surface area contributed by atoms with Crippen LogP contribution in [-0.4, -0.2) is 37.2 Å². The number of hydrogen-bond donors (Lipinski definition) is 1. The van der Waals surface area contributed by atoms with E-state index in [-0.39, 0.29) is 5.97 Å². The summed E-state index contributed by atoms with van der Waals surface area (Å²) >= 11 is 1.79. The Kier molecular flexibility index (Phi) is 8.48. The number of rotatable bonds is 10. The summed E-state index contributed by atoms with van der Waals surface area (Å²) in [7, 11) is 3.09. The van der Waals surface area contributed by atoms with E-state index in [4.69, 9.17) is 9.47 Å². The van der Waals surface area contributed by atoms with E-state index in [1.54, 1.807) is 18.9 Å². The van der Waals surface area contributed by atoms with Gasteiger partial charge in [0.05, 0.1) is 14.2 Å². The van der Waals surface area contributed by atoms with Crippen molar-refractivity contribution in [2.24, 2.45) is 5.92 Å². The number of nitrogens with one attached hydrogen (secondary N) is 1. The minimum Gasteiger partial charge on any atom is -0.497 e. The monoisotopic (exact) mass is 339 g/mol. The zero-order chi connectivity index (χ0) is 17.3. The van der Waals surface area contributed by atoms with E-state index < -0.39 is 5.54 Å². The molecule has 0 aliphatic rings. The maximum absolute atomic E-state index is 12.2. The molecular weight excluding hydrogens is 310 g/mol. The predicted molar refractivity (Wildman–Crippen MR) is 97.0 cm³/mol. The number of carbonyl (C=O) groups is 1. The van der Waals surface area contributed by atoms with Crippen LogP contribution in [0.2, 0.25) is 0 Å². The predicted octanol–water partition coefficient (Wildman–Crippen LogP) is 3.50. The second kappa shape index (κ2) is 9.83. The number of ether oxygens (including phenoxy) is 2. The van der Waals surface area contributed by atoms with Gasteiger partial charge in [-0.1, -0.05) is 26.0 Å². The van der Waals surface area contributed by atoms with Gasteiger partial charge in [0, 0.05) is 12.3 Å². The number of methoxy groups -OCH3 is 2. The van der Waals surface area contributed by atoms with Crippen molar-refractivity contribution in [1.82, 2.24) is 5.32 Å². The van der Waals surface area contributed by atoms with E-state index in [0.717, 1.165) is 23.5 Å². The molecule has 1 atom stereocenters. The fourth-order valence-corrected chi connectivity index (χ4v) is 3.45. The van der Waals surface area contributed by atoms with Gasteiger partial charge in [0.15, 0.2) is 0 Å². The Labute approximate surface area is 144 Å². The quantitative estimate of drug-likeness (QED) is 0.522. The van der Waals surface area contributed by atoms with Crippen molar-refractivity contribution in [1.29, 1.82) is 0 Å². The fourth-order valence-electron chi connectivity index (χ4n) is 2.04. The van der Waals surface area contributed by atoms with E-state index in [1.807, 2.05) is 31.2 Å². The van der Waals surface area contributed by atoms with Gasteiger partial charge in [-0.05, 0) is 42.7 Å². The van der Waals surface area contributed by atoms with Crippen molar-refractivity contribution in [2.45, 2.75) is 39.3 Å². The van der Waals surface area contributed by atoms with Gasteiger partial charge in [-0.25, -0.2) is 0 Å². The maximum Gasteiger partial charge on any atom is 0.326 e. The van der Waals surface area contributed by atoms with Crippen LogP contribution in [0.15, 0.2) is 24.3 Å². The molecule has 130 valence electrons. The first-order valence-corrected chi connectivity index (χ1v) is 9.11. The maximum atomic E-state index is 12.2. The molecule has 0 heterocycles. The molecule has 0 amide bonds. The van der Waals surface area contributed by atoms with Crippen molar-refractivity contribution >= 4 is 17.7 Å². The molecule has 1 rings (SSSR count). The van der Waals surface area contributed by atoms with Crippen LogP contribution in [0.4, 0.5) is 0 Å². The molecule has 1 aromatic rings. The van der Waals surface area contributed by atoms with Crippen LogP contribution < -0.4 is 10.1 Å².